The van der Waals surface area contributed by atoms with E-state index in [4.69, 9.17) is 5.53 Å². The molecule has 1 rings (SSSR count). The Balaban J connectivity index is 2.73. The molecule has 0 aliphatic carbocycles. The molecule has 1 N–H and O–H groups in total. The Kier molecular flexibility index (Phi) is 3.52. The second-order valence-corrected chi connectivity index (χ2v) is 2.71. The quantitative estimate of drug-likeness (QED) is 0.441. The summed E-state index contributed by atoms with van der Waals surface area (Å²) in [6, 6.07) is 6.88. The first kappa shape index (κ1) is 10.1. The third-order valence-electron chi connectivity index (χ3n) is 1.74. The van der Waals surface area contributed by atoms with Gasteiger partial charge in [0.2, 0.25) is 5.91 Å². The van der Waals surface area contributed by atoms with Gasteiger partial charge in [0.25, 0.3) is 0 Å². The number of amides is 1. The van der Waals surface area contributed by atoms with Crippen LogP contribution in [-0.4, -0.2) is 13.0 Å². The molecule has 5 nitrogen and oxygen atoms in total. The number of rotatable bonds is 3. The van der Waals surface area contributed by atoms with Gasteiger partial charge in [0.15, 0.2) is 0 Å². The molecule has 0 unspecified atom stereocenters. The molecule has 0 bridgehead atoms. The van der Waals surface area contributed by atoms with Crippen LogP contribution < -0.4 is 5.32 Å². The maximum absolute atomic E-state index is 11.0. The number of likely N-dealkylation sites (N-methyl/N-ethyl adjacent to an activating group) is 1. The molecule has 0 spiro atoms. The van der Waals surface area contributed by atoms with Crippen molar-refractivity contribution in [2.24, 2.45) is 5.11 Å². The van der Waals surface area contributed by atoms with E-state index in [1.165, 1.54) is 0 Å². The van der Waals surface area contributed by atoms with Gasteiger partial charge in [-0.2, -0.15) is 0 Å². The Morgan fingerprint density at radius 3 is 2.64 bits per heavy atom. The highest BCUT2D eigenvalue weighted by Crippen LogP contribution is 2.13. The summed E-state index contributed by atoms with van der Waals surface area (Å²) in [5, 5.41) is 5.96. The summed E-state index contributed by atoms with van der Waals surface area (Å²) < 4.78 is 0. The van der Waals surface area contributed by atoms with Gasteiger partial charge in [-0.25, -0.2) is 0 Å². The minimum atomic E-state index is -0.0402. The van der Waals surface area contributed by atoms with Crippen molar-refractivity contribution in [2.45, 2.75) is 6.42 Å². The zero-order chi connectivity index (χ0) is 10.4. The second-order valence-electron chi connectivity index (χ2n) is 2.71. The fourth-order valence-electron chi connectivity index (χ4n) is 1.01. The smallest absolute Gasteiger partial charge is 0.224 e. The average molecular weight is 190 g/mol. The lowest BCUT2D eigenvalue weighted by molar-refractivity contribution is -0.119. The van der Waals surface area contributed by atoms with Crippen LogP contribution in [0.2, 0.25) is 0 Å². The molecule has 1 aromatic carbocycles. The average Bonchev–Trinajstić information content (AvgIpc) is 2.21. The summed E-state index contributed by atoms with van der Waals surface area (Å²) in [6.45, 7) is 0. The zero-order valence-corrected chi connectivity index (χ0v) is 7.77. The summed E-state index contributed by atoms with van der Waals surface area (Å²) in [6.07, 6.45) is 0.340. The van der Waals surface area contributed by atoms with Gasteiger partial charge in [0.1, 0.15) is 0 Å². The first-order valence-corrected chi connectivity index (χ1v) is 4.11. The maximum Gasteiger partial charge on any atom is 0.224 e. The van der Waals surface area contributed by atoms with E-state index in [0.29, 0.717) is 12.1 Å². The molecule has 0 aliphatic heterocycles. The molecule has 1 amide bonds. The molecule has 14 heavy (non-hydrogen) atoms. The molecule has 0 aliphatic rings. The van der Waals surface area contributed by atoms with E-state index < -0.39 is 0 Å². The summed E-state index contributed by atoms with van der Waals surface area (Å²) in [5.74, 6) is -0.0402. The predicted molar refractivity (Wildman–Crippen MR) is 53.0 cm³/mol. The summed E-state index contributed by atoms with van der Waals surface area (Å²) in [5.41, 5.74) is 9.61. The molecule has 0 fully saturated rings. The Labute approximate surface area is 81.4 Å². The van der Waals surface area contributed by atoms with Gasteiger partial charge in [-0.3, -0.25) is 4.79 Å². The van der Waals surface area contributed by atoms with Gasteiger partial charge >= 0.3 is 0 Å². The van der Waals surface area contributed by atoms with Crippen molar-refractivity contribution in [3.63, 3.8) is 0 Å². The van der Waals surface area contributed by atoms with E-state index in [1.807, 2.05) is 0 Å². The molecule has 1 aromatic rings. The standard InChI is InChI=1S/C9H10N4O/c1-11-9(14)6-7-2-4-8(5-3-7)12-13-10/h2-5H,6H2,1H3,(H,11,14). The van der Waals surface area contributed by atoms with Gasteiger partial charge in [-0.05, 0) is 11.1 Å². The van der Waals surface area contributed by atoms with Gasteiger partial charge in [0.05, 0.1) is 6.42 Å². The number of carbonyl (C=O) groups excluding carboxylic acids is 1. The van der Waals surface area contributed by atoms with Crippen molar-refractivity contribution in [2.75, 3.05) is 7.05 Å². The molecule has 72 valence electrons. The highest BCUT2D eigenvalue weighted by atomic mass is 16.1. The van der Waals surface area contributed by atoms with E-state index in [0.717, 1.165) is 5.56 Å². The molecule has 0 saturated heterocycles. The molecule has 0 radical (unpaired) electrons. The van der Waals surface area contributed by atoms with Crippen molar-refractivity contribution >= 4 is 11.6 Å². The van der Waals surface area contributed by atoms with Crippen molar-refractivity contribution in [3.8, 4) is 0 Å². The first-order chi connectivity index (χ1) is 6.76. The SMILES string of the molecule is CNC(=O)Cc1ccc(N=[N+]=[N-])cc1. The van der Waals surface area contributed by atoms with Crippen LogP contribution in [0.25, 0.3) is 10.4 Å². The number of carbonyl (C=O) groups is 1. The van der Waals surface area contributed by atoms with Crippen LogP contribution in [0.3, 0.4) is 0 Å². The molecule has 0 saturated carbocycles. The fourth-order valence-corrected chi connectivity index (χ4v) is 1.01. The van der Waals surface area contributed by atoms with Crippen LogP contribution in [0.4, 0.5) is 5.69 Å². The fraction of sp³-hybridized carbons (Fsp3) is 0.222. The van der Waals surface area contributed by atoms with Crippen LogP contribution in [0.15, 0.2) is 29.4 Å². The first-order valence-electron chi connectivity index (χ1n) is 4.11. The second kappa shape index (κ2) is 4.89. The van der Waals surface area contributed by atoms with Crippen molar-refractivity contribution in [3.05, 3.63) is 40.3 Å². The largest absolute Gasteiger partial charge is 0.359 e. The Morgan fingerprint density at radius 1 is 1.50 bits per heavy atom. The highest BCUT2D eigenvalue weighted by Gasteiger charge is 1.99. The van der Waals surface area contributed by atoms with Crippen LogP contribution in [0, 0.1) is 0 Å². The maximum atomic E-state index is 11.0. The normalized spacial score (nSPS) is 8.93. The molecule has 5 heteroatoms. The Hall–Kier alpha value is -2.00. The summed E-state index contributed by atoms with van der Waals surface area (Å²) >= 11 is 0. The monoisotopic (exact) mass is 190 g/mol. The van der Waals surface area contributed by atoms with Crippen molar-refractivity contribution < 1.29 is 4.79 Å². The number of nitrogens with zero attached hydrogens (tertiary/aromatic N) is 3. The molecule has 0 atom stereocenters. The zero-order valence-electron chi connectivity index (χ0n) is 7.77. The van der Waals surface area contributed by atoms with Crippen molar-refractivity contribution in [1.29, 1.82) is 0 Å². The minimum absolute atomic E-state index is 0.0402. The van der Waals surface area contributed by atoms with Crippen LogP contribution in [0.1, 0.15) is 5.56 Å². The van der Waals surface area contributed by atoms with Gasteiger partial charge in [-0.1, -0.05) is 29.4 Å². The van der Waals surface area contributed by atoms with Crippen LogP contribution in [0.5, 0.6) is 0 Å². The number of nitrogens with one attached hydrogen (secondary N) is 1. The molecule has 0 aromatic heterocycles. The van der Waals surface area contributed by atoms with E-state index >= 15 is 0 Å². The predicted octanol–water partition coefficient (Wildman–Crippen LogP) is 1.92. The number of azide groups is 1. The number of hydrogen-bond donors (Lipinski definition) is 1. The van der Waals surface area contributed by atoms with E-state index in [2.05, 4.69) is 15.3 Å². The number of benzene rings is 1. The highest BCUT2D eigenvalue weighted by molar-refractivity contribution is 5.78. The summed E-state index contributed by atoms with van der Waals surface area (Å²) in [4.78, 5) is 13.7. The number of hydrogen-bond acceptors (Lipinski definition) is 2. The summed E-state index contributed by atoms with van der Waals surface area (Å²) in [7, 11) is 1.59. The van der Waals surface area contributed by atoms with Crippen molar-refractivity contribution in [1.82, 2.24) is 5.32 Å². The van der Waals surface area contributed by atoms with Gasteiger partial charge in [0, 0.05) is 17.6 Å². The van der Waals surface area contributed by atoms with Gasteiger partial charge in [-0.15, -0.1) is 0 Å². The van der Waals surface area contributed by atoms with E-state index in [-0.39, 0.29) is 5.91 Å². The lowest BCUT2D eigenvalue weighted by atomic mass is 10.1. The Bertz CT molecular complexity index is 365. The molecular formula is C9H10N4O. The lowest BCUT2D eigenvalue weighted by Gasteiger charge is -1.99. The topological polar surface area (TPSA) is 77.9 Å². The lowest BCUT2D eigenvalue weighted by Crippen LogP contribution is -2.19. The molecule has 0 heterocycles. The Morgan fingerprint density at radius 2 is 2.14 bits per heavy atom. The third-order valence-corrected chi connectivity index (χ3v) is 1.74. The molecular weight excluding hydrogens is 180 g/mol. The van der Waals surface area contributed by atoms with Gasteiger partial charge < -0.3 is 5.32 Å². The third kappa shape index (κ3) is 2.80. The van der Waals surface area contributed by atoms with Crippen LogP contribution >= 0.6 is 0 Å². The van der Waals surface area contributed by atoms with E-state index in [1.54, 1.807) is 31.3 Å². The minimum Gasteiger partial charge on any atom is -0.359 e. The van der Waals surface area contributed by atoms with Crippen LogP contribution in [-0.2, 0) is 11.2 Å². The van der Waals surface area contributed by atoms with E-state index in [9.17, 15) is 4.79 Å².